The maximum absolute atomic E-state index is 15.6. The van der Waals surface area contributed by atoms with Gasteiger partial charge in [0, 0.05) is 36.8 Å². The summed E-state index contributed by atoms with van der Waals surface area (Å²) >= 11 is 0. The molecule has 4 heterocycles. The molecule has 51 heavy (non-hydrogen) atoms. The molecule has 7 rings (SSSR count). The van der Waals surface area contributed by atoms with Crippen LogP contribution in [0.15, 0.2) is 96.1 Å². The van der Waals surface area contributed by atoms with Crippen LogP contribution in [0.4, 0.5) is 24.7 Å². The highest BCUT2D eigenvalue weighted by Crippen LogP contribution is 2.36. The van der Waals surface area contributed by atoms with E-state index >= 15 is 4.39 Å². The minimum atomic E-state index is -1.17. The number of anilines is 2. The summed E-state index contributed by atoms with van der Waals surface area (Å²) in [5, 5.41) is 17.9. The van der Waals surface area contributed by atoms with E-state index in [0.717, 1.165) is 16.3 Å². The lowest BCUT2D eigenvalue weighted by Crippen LogP contribution is -2.45. The van der Waals surface area contributed by atoms with E-state index in [2.05, 4.69) is 26.0 Å². The summed E-state index contributed by atoms with van der Waals surface area (Å²) < 4.78 is 57.8. The molecule has 1 aliphatic rings. The molecule has 1 amide bonds. The zero-order chi connectivity index (χ0) is 35.5. The standard InChI is InChI=1S/C36H31F3N8O4/c1-50-25-9-2-21(3-10-25)20-46-34-32(33(45-46)44-29-13-15-40-19-28(29)39)31(14-16-41-34)51-30-11-6-23(18-27(30)38)43-35(48)26-12-17-42-47(36(26)49)24-7-4-22(37)5-8-24/h2-12,14,16-18,28-29,40H,13,15,19-20H2,1H3,(H,43,48)(H,44,45)/t28-,29+/m1/s1. The molecule has 1 saturated heterocycles. The van der Waals surface area contributed by atoms with Gasteiger partial charge in [-0.1, -0.05) is 12.1 Å². The van der Waals surface area contributed by atoms with Crippen molar-refractivity contribution in [1.29, 1.82) is 0 Å². The first-order valence-electron chi connectivity index (χ1n) is 16.0. The fourth-order valence-corrected chi connectivity index (χ4v) is 5.76. The van der Waals surface area contributed by atoms with Crippen LogP contribution in [-0.4, -0.2) is 62.9 Å². The van der Waals surface area contributed by atoms with Gasteiger partial charge < -0.3 is 25.4 Å². The average Bonchev–Trinajstić information content (AvgIpc) is 3.48. The number of amides is 1. The van der Waals surface area contributed by atoms with Crippen LogP contribution < -0.4 is 31.0 Å². The SMILES string of the molecule is COc1ccc(Cn2nc(N[C@H]3CCNC[C@H]3F)c3c(Oc4ccc(NC(=O)c5ccnn(-c6ccc(F)cc6)c5=O)cc4F)ccnc32)cc1. The highest BCUT2D eigenvalue weighted by molar-refractivity contribution is 6.04. The first-order chi connectivity index (χ1) is 24.8. The molecule has 0 spiro atoms. The number of piperidine rings is 1. The largest absolute Gasteiger partial charge is 0.497 e. The number of methoxy groups -OCH3 is 1. The number of carbonyl (C=O) groups is 1. The number of hydrogen-bond acceptors (Lipinski definition) is 9. The summed E-state index contributed by atoms with van der Waals surface area (Å²) in [5.41, 5.74) is 0.662. The van der Waals surface area contributed by atoms with Crippen molar-refractivity contribution in [2.24, 2.45) is 0 Å². The molecule has 260 valence electrons. The molecular formula is C36H31F3N8O4. The van der Waals surface area contributed by atoms with Crippen molar-refractivity contribution in [2.45, 2.75) is 25.2 Å². The highest BCUT2D eigenvalue weighted by Gasteiger charge is 2.28. The molecule has 2 atom stereocenters. The second-order valence-electron chi connectivity index (χ2n) is 11.8. The fraction of sp³-hybridized carbons (Fsp3) is 0.194. The molecule has 0 bridgehead atoms. The van der Waals surface area contributed by atoms with Gasteiger partial charge in [0.15, 0.2) is 23.0 Å². The maximum atomic E-state index is 15.6. The first-order valence-corrected chi connectivity index (χ1v) is 16.0. The lowest BCUT2D eigenvalue weighted by Gasteiger charge is -2.27. The van der Waals surface area contributed by atoms with E-state index < -0.39 is 35.3 Å². The molecule has 0 saturated carbocycles. The van der Waals surface area contributed by atoms with Crippen molar-refractivity contribution in [3.8, 4) is 22.9 Å². The number of ether oxygens (including phenoxy) is 2. The van der Waals surface area contributed by atoms with Gasteiger partial charge in [-0.3, -0.25) is 9.59 Å². The summed E-state index contributed by atoms with van der Waals surface area (Å²) in [6, 6.07) is 18.6. The molecule has 15 heteroatoms. The van der Waals surface area contributed by atoms with Crippen LogP contribution in [0.1, 0.15) is 22.3 Å². The van der Waals surface area contributed by atoms with E-state index in [1.807, 2.05) is 24.3 Å². The van der Waals surface area contributed by atoms with Gasteiger partial charge in [-0.05, 0) is 73.1 Å². The van der Waals surface area contributed by atoms with Crippen molar-refractivity contribution in [1.82, 2.24) is 29.9 Å². The molecule has 1 aliphatic heterocycles. The van der Waals surface area contributed by atoms with Gasteiger partial charge in [-0.15, -0.1) is 0 Å². The molecule has 0 aliphatic carbocycles. The Bertz CT molecular complexity index is 2260. The van der Waals surface area contributed by atoms with Crippen LogP contribution in [0.25, 0.3) is 16.7 Å². The summed E-state index contributed by atoms with van der Waals surface area (Å²) in [5.74, 6) is -1.000. The Morgan fingerprint density at radius 1 is 1.00 bits per heavy atom. The second kappa shape index (κ2) is 14.3. The summed E-state index contributed by atoms with van der Waals surface area (Å²) in [7, 11) is 1.59. The minimum absolute atomic E-state index is 0.0591. The van der Waals surface area contributed by atoms with E-state index in [-0.39, 0.29) is 35.0 Å². The molecule has 0 unspecified atom stereocenters. The Morgan fingerprint density at radius 2 is 1.80 bits per heavy atom. The van der Waals surface area contributed by atoms with Crippen molar-refractivity contribution < 1.29 is 27.4 Å². The van der Waals surface area contributed by atoms with Gasteiger partial charge >= 0.3 is 0 Å². The number of aromatic nitrogens is 5. The lowest BCUT2D eigenvalue weighted by molar-refractivity contribution is 0.102. The van der Waals surface area contributed by atoms with E-state index in [0.29, 0.717) is 42.1 Å². The van der Waals surface area contributed by atoms with Gasteiger partial charge in [0.05, 0.1) is 25.4 Å². The van der Waals surface area contributed by atoms with Crippen LogP contribution in [0, 0.1) is 11.6 Å². The number of rotatable bonds is 10. The zero-order valence-electron chi connectivity index (χ0n) is 27.1. The Morgan fingerprint density at radius 3 is 2.55 bits per heavy atom. The first kappa shape index (κ1) is 33.3. The van der Waals surface area contributed by atoms with Crippen LogP contribution >= 0.6 is 0 Å². The average molecular weight is 697 g/mol. The number of hydrogen-bond donors (Lipinski definition) is 3. The third-order valence-electron chi connectivity index (χ3n) is 8.39. The molecule has 3 aromatic heterocycles. The van der Waals surface area contributed by atoms with Crippen molar-refractivity contribution in [3.05, 3.63) is 124 Å². The predicted octanol–water partition coefficient (Wildman–Crippen LogP) is 5.47. The molecular weight excluding hydrogens is 665 g/mol. The predicted molar refractivity (Wildman–Crippen MR) is 184 cm³/mol. The summed E-state index contributed by atoms with van der Waals surface area (Å²) in [6.07, 6.45) is 2.12. The van der Waals surface area contributed by atoms with E-state index in [9.17, 15) is 18.4 Å². The normalized spacial score (nSPS) is 15.8. The van der Waals surface area contributed by atoms with E-state index in [1.54, 1.807) is 17.9 Å². The lowest BCUT2D eigenvalue weighted by atomic mass is 10.0. The van der Waals surface area contributed by atoms with Gasteiger partial charge in [-0.2, -0.15) is 14.9 Å². The second-order valence-corrected chi connectivity index (χ2v) is 11.8. The topological polar surface area (TPSA) is 137 Å². The molecule has 1 fully saturated rings. The quantitative estimate of drug-likeness (QED) is 0.170. The number of carbonyl (C=O) groups excluding carboxylic acids is 1. The van der Waals surface area contributed by atoms with E-state index in [4.69, 9.17) is 14.6 Å². The molecule has 12 nitrogen and oxygen atoms in total. The third kappa shape index (κ3) is 7.10. The Labute approximate surface area is 288 Å². The molecule has 3 aromatic carbocycles. The Hall–Kier alpha value is -6.22. The number of pyridine rings is 1. The highest BCUT2D eigenvalue weighted by atomic mass is 19.1. The Kier molecular flexibility index (Phi) is 9.35. The third-order valence-corrected chi connectivity index (χ3v) is 8.39. The fourth-order valence-electron chi connectivity index (χ4n) is 5.76. The minimum Gasteiger partial charge on any atom is -0.497 e. The van der Waals surface area contributed by atoms with Gasteiger partial charge in [-0.25, -0.2) is 22.8 Å². The Balaban J connectivity index is 1.16. The monoisotopic (exact) mass is 696 g/mol. The van der Waals surface area contributed by atoms with E-state index in [1.165, 1.54) is 54.9 Å². The molecule has 6 aromatic rings. The smallest absolute Gasteiger partial charge is 0.284 e. The van der Waals surface area contributed by atoms with Crippen molar-refractivity contribution >= 4 is 28.4 Å². The van der Waals surface area contributed by atoms with Gasteiger partial charge in [0.1, 0.15) is 34.4 Å². The van der Waals surface area contributed by atoms with Crippen LogP contribution in [0.3, 0.4) is 0 Å². The summed E-state index contributed by atoms with van der Waals surface area (Å²) in [6.45, 7) is 1.16. The van der Waals surface area contributed by atoms with Crippen LogP contribution in [0.2, 0.25) is 0 Å². The number of nitrogens with zero attached hydrogens (tertiary/aromatic N) is 5. The van der Waals surface area contributed by atoms with Crippen LogP contribution in [0.5, 0.6) is 17.2 Å². The number of nitrogens with one attached hydrogen (secondary N) is 3. The molecule has 0 radical (unpaired) electrons. The number of benzene rings is 3. The maximum Gasteiger partial charge on any atom is 0.284 e. The molecule has 3 N–H and O–H groups in total. The van der Waals surface area contributed by atoms with Gasteiger partial charge in [0.2, 0.25) is 0 Å². The van der Waals surface area contributed by atoms with Gasteiger partial charge in [0.25, 0.3) is 11.5 Å². The van der Waals surface area contributed by atoms with Crippen LogP contribution in [-0.2, 0) is 6.54 Å². The summed E-state index contributed by atoms with van der Waals surface area (Å²) in [4.78, 5) is 30.6. The van der Waals surface area contributed by atoms with Crippen molar-refractivity contribution in [2.75, 3.05) is 30.8 Å². The zero-order valence-corrected chi connectivity index (χ0v) is 27.1. The van der Waals surface area contributed by atoms with Crippen molar-refractivity contribution in [3.63, 3.8) is 0 Å². The number of halogens is 3. The number of alkyl halides is 1. The number of fused-ring (bicyclic) bond motifs is 1.